The fourth-order valence-corrected chi connectivity index (χ4v) is 6.06. The molecule has 1 amide bonds. The van der Waals surface area contributed by atoms with E-state index in [1.54, 1.807) is 28.7 Å². The fraction of sp³-hybridized carbons (Fsp3) is 0.211. The number of aromatic nitrogens is 2. The van der Waals surface area contributed by atoms with E-state index in [2.05, 4.69) is 22.5 Å². The summed E-state index contributed by atoms with van der Waals surface area (Å²) < 4.78 is 1.42. The van der Waals surface area contributed by atoms with Crippen molar-refractivity contribution in [2.24, 2.45) is 0 Å². The Labute approximate surface area is 167 Å². The number of hydrogen-bond donors (Lipinski definition) is 0. The van der Waals surface area contributed by atoms with Crippen molar-refractivity contribution in [1.29, 1.82) is 0 Å². The molecule has 0 aromatic carbocycles. The summed E-state index contributed by atoms with van der Waals surface area (Å²) in [6.45, 7) is 0.677. The van der Waals surface area contributed by atoms with Crippen molar-refractivity contribution in [3.8, 4) is 0 Å². The molecule has 5 heterocycles. The molecular formula is C19H15N3O2S3. The first kappa shape index (κ1) is 16.9. The Hall–Kier alpha value is -2.29. The maximum Gasteiger partial charge on any atom is 0.262 e. The molecule has 0 radical (unpaired) electrons. The smallest absolute Gasteiger partial charge is 0.262 e. The van der Waals surface area contributed by atoms with Crippen LogP contribution in [0.2, 0.25) is 0 Å². The molecule has 0 spiro atoms. The Kier molecular flexibility index (Phi) is 4.18. The molecule has 5 rings (SSSR count). The number of rotatable bonds is 3. The lowest BCUT2D eigenvalue weighted by molar-refractivity contribution is -0.133. The van der Waals surface area contributed by atoms with Crippen LogP contribution >= 0.6 is 34.0 Å². The highest BCUT2D eigenvalue weighted by molar-refractivity contribution is 7.16. The zero-order chi connectivity index (χ0) is 18.4. The predicted molar refractivity (Wildman–Crippen MR) is 110 cm³/mol. The SMILES string of the molecule is O=C(Cn1cnc2sccc2c1=O)N1CCc2sccc2[C@@H]1c1cccs1. The molecule has 1 atom stereocenters. The summed E-state index contributed by atoms with van der Waals surface area (Å²) in [5.74, 6) is -0.0521. The third-order valence-electron chi connectivity index (χ3n) is 4.85. The Morgan fingerprint density at radius 1 is 1.15 bits per heavy atom. The van der Waals surface area contributed by atoms with E-state index in [0.29, 0.717) is 16.8 Å². The molecule has 5 nitrogen and oxygen atoms in total. The normalized spacial score (nSPS) is 16.6. The molecule has 0 bridgehead atoms. The lowest BCUT2D eigenvalue weighted by Crippen LogP contribution is -2.42. The van der Waals surface area contributed by atoms with Crippen LogP contribution in [0.5, 0.6) is 0 Å². The van der Waals surface area contributed by atoms with Gasteiger partial charge in [-0.3, -0.25) is 14.2 Å². The third-order valence-corrected chi connectivity index (χ3v) is 7.60. The van der Waals surface area contributed by atoms with Gasteiger partial charge in [0.2, 0.25) is 5.91 Å². The van der Waals surface area contributed by atoms with Gasteiger partial charge in [0.15, 0.2) is 0 Å². The van der Waals surface area contributed by atoms with E-state index in [1.807, 2.05) is 21.7 Å². The molecule has 8 heteroatoms. The van der Waals surface area contributed by atoms with E-state index in [0.717, 1.165) is 11.3 Å². The number of hydrogen-bond acceptors (Lipinski definition) is 6. The number of carbonyl (C=O) groups excluding carboxylic acids is 1. The van der Waals surface area contributed by atoms with Crippen molar-refractivity contribution in [1.82, 2.24) is 14.5 Å². The van der Waals surface area contributed by atoms with Gasteiger partial charge in [-0.2, -0.15) is 0 Å². The summed E-state index contributed by atoms with van der Waals surface area (Å²) in [5.41, 5.74) is 1.05. The van der Waals surface area contributed by atoms with Crippen molar-refractivity contribution in [2.45, 2.75) is 19.0 Å². The molecule has 4 aromatic rings. The van der Waals surface area contributed by atoms with Gasteiger partial charge in [0.25, 0.3) is 5.56 Å². The van der Waals surface area contributed by atoms with Crippen LogP contribution in [0.1, 0.15) is 21.4 Å². The quantitative estimate of drug-likeness (QED) is 0.514. The molecule has 136 valence electrons. The lowest BCUT2D eigenvalue weighted by atomic mass is 9.98. The highest BCUT2D eigenvalue weighted by Crippen LogP contribution is 2.39. The highest BCUT2D eigenvalue weighted by Gasteiger charge is 2.33. The molecule has 4 aromatic heterocycles. The van der Waals surface area contributed by atoms with Crippen LogP contribution in [0, 0.1) is 0 Å². The topological polar surface area (TPSA) is 55.2 Å². The number of amides is 1. The summed E-state index contributed by atoms with van der Waals surface area (Å²) in [4.78, 5) is 35.2. The van der Waals surface area contributed by atoms with Crippen molar-refractivity contribution in [3.05, 3.63) is 72.4 Å². The molecule has 0 saturated carbocycles. The molecule has 0 fully saturated rings. The molecular weight excluding hydrogens is 398 g/mol. The summed E-state index contributed by atoms with van der Waals surface area (Å²) in [6, 6.07) is 7.91. The Morgan fingerprint density at radius 3 is 2.89 bits per heavy atom. The van der Waals surface area contributed by atoms with Crippen LogP contribution in [0.15, 0.2) is 51.5 Å². The van der Waals surface area contributed by atoms with Gasteiger partial charge >= 0.3 is 0 Å². The zero-order valence-electron chi connectivity index (χ0n) is 14.2. The molecule has 0 unspecified atom stereocenters. The molecule has 0 N–H and O–H groups in total. The Bertz CT molecular complexity index is 1170. The number of nitrogens with zero attached hydrogens (tertiary/aromatic N) is 3. The highest BCUT2D eigenvalue weighted by atomic mass is 32.1. The summed E-state index contributed by atoms with van der Waals surface area (Å²) in [6.07, 6.45) is 2.34. The average molecular weight is 414 g/mol. The Morgan fingerprint density at radius 2 is 2.04 bits per heavy atom. The second kappa shape index (κ2) is 6.70. The maximum atomic E-state index is 13.2. The van der Waals surface area contributed by atoms with Crippen LogP contribution in [0.25, 0.3) is 10.2 Å². The van der Waals surface area contributed by atoms with E-state index in [-0.39, 0.29) is 24.1 Å². The van der Waals surface area contributed by atoms with Gasteiger partial charge in [-0.1, -0.05) is 6.07 Å². The Balaban J connectivity index is 1.50. The van der Waals surface area contributed by atoms with Gasteiger partial charge in [0, 0.05) is 16.3 Å². The minimum absolute atomic E-state index is 0.0129. The van der Waals surface area contributed by atoms with Gasteiger partial charge < -0.3 is 4.90 Å². The van der Waals surface area contributed by atoms with Crippen LogP contribution in [0.3, 0.4) is 0 Å². The average Bonchev–Trinajstić information content (AvgIpc) is 3.43. The van der Waals surface area contributed by atoms with Crippen molar-refractivity contribution in [2.75, 3.05) is 6.54 Å². The summed E-state index contributed by atoms with van der Waals surface area (Å²) in [5, 5.41) is 6.56. The van der Waals surface area contributed by atoms with E-state index in [1.165, 1.54) is 32.7 Å². The zero-order valence-corrected chi connectivity index (χ0v) is 16.6. The van der Waals surface area contributed by atoms with E-state index in [9.17, 15) is 9.59 Å². The predicted octanol–water partition coefficient (Wildman–Crippen LogP) is 3.76. The summed E-state index contributed by atoms with van der Waals surface area (Å²) >= 11 is 4.84. The first-order chi connectivity index (χ1) is 13.2. The first-order valence-corrected chi connectivity index (χ1v) is 11.2. The van der Waals surface area contributed by atoms with Crippen molar-refractivity contribution < 1.29 is 4.79 Å². The van der Waals surface area contributed by atoms with Crippen LogP contribution < -0.4 is 5.56 Å². The second-order valence-electron chi connectivity index (χ2n) is 6.37. The standard InChI is InChI=1S/C19H15N3O2S3/c23-16(10-21-11-20-18-13(19(21)24)5-9-27-18)22-6-3-14-12(4-8-26-14)17(22)15-2-1-7-25-15/h1-2,4-5,7-9,11,17H,3,6,10H2/t17-/m1/s1. The molecule has 0 aliphatic carbocycles. The largest absolute Gasteiger partial charge is 0.329 e. The van der Waals surface area contributed by atoms with Crippen LogP contribution in [0.4, 0.5) is 0 Å². The van der Waals surface area contributed by atoms with Gasteiger partial charge in [-0.05, 0) is 46.3 Å². The number of carbonyl (C=O) groups is 1. The van der Waals surface area contributed by atoms with E-state index >= 15 is 0 Å². The van der Waals surface area contributed by atoms with E-state index in [4.69, 9.17) is 0 Å². The van der Waals surface area contributed by atoms with Gasteiger partial charge in [-0.15, -0.1) is 34.0 Å². The van der Waals surface area contributed by atoms with Crippen molar-refractivity contribution >= 4 is 50.1 Å². The molecule has 0 saturated heterocycles. The molecule has 1 aliphatic heterocycles. The van der Waals surface area contributed by atoms with Crippen LogP contribution in [-0.2, 0) is 17.8 Å². The van der Waals surface area contributed by atoms with Gasteiger partial charge in [-0.25, -0.2) is 4.98 Å². The maximum absolute atomic E-state index is 13.2. The summed E-state index contributed by atoms with van der Waals surface area (Å²) in [7, 11) is 0. The minimum atomic E-state index is -0.157. The van der Waals surface area contributed by atoms with Gasteiger partial charge in [0.1, 0.15) is 11.4 Å². The molecule has 27 heavy (non-hydrogen) atoms. The first-order valence-electron chi connectivity index (χ1n) is 8.54. The fourth-order valence-electron chi connectivity index (χ4n) is 3.58. The molecule has 1 aliphatic rings. The number of fused-ring (bicyclic) bond motifs is 2. The number of thiophene rings is 3. The van der Waals surface area contributed by atoms with E-state index < -0.39 is 0 Å². The minimum Gasteiger partial charge on any atom is -0.329 e. The van der Waals surface area contributed by atoms with Crippen LogP contribution in [-0.4, -0.2) is 26.9 Å². The monoisotopic (exact) mass is 413 g/mol. The second-order valence-corrected chi connectivity index (χ2v) is 9.25. The van der Waals surface area contributed by atoms with Gasteiger partial charge in [0.05, 0.1) is 17.8 Å². The third kappa shape index (κ3) is 2.84. The lowest BCUT2D eigenvalue weighted by Gasteiger charge is -2.35. The van der Waals surface area contributed by atoms with Crippen molar-refractivity contribution in [3.63, 3.8) is 0 Å².